The number of nitrogens with zero attached hydrogens (tertiary/aromatic N) is 2. The standard InChI is InChI=1S/C41H42N4O11S3/c1-27-12-17-32(18-13-27)57(48,49)42-39(46)26-45(59(52,53)33-19-15-30(54-3)16-20-33)36-11-7-10-35-34(36)22-23-44(35)40(29-8-6-9-31(25-29)55-4)41(47)43-58(50,51)38-21-14-28(2)24-37(38)56-5/h6-21,24-25,40H,22-23,26H2,1-5H3,(H,42,46)(H,43,47). The predicted molar refractivity (Wildman–Crippen MR) is 220 cm³/mol. The number of methoxy groups -OCH3 is 3. The predicted octanol–water partition coefficient (Wildman–Crippen LogP) is 4.64. The van der Waals surface area contributed by atoms with Gasteiger partial charge >= 0.3 is 0 Å². The highest BCUT2D eigenvalue weighted by Crippen LogP contribution is 2.42. The molecule has 310 valence electrons. The van der Waals surface area contributed by atoms with Crippen molar-refractivity contribution in [3.63, 3.8) is 0 Å². The lowest BCUT2D eigenvalue weighted by Gasteiger charge is -2.31. The zero-order valence-corrected chi connectivity index (χ0v) is 35.2. The molecule has 0 saturated heterocycles. The molecule has 2 amide bonds. The van der Waals surface area contributed by atoms with Crippen LogP contribution in [0.25, 0.3) is 0 Å². The Kier molecular flexibility index (Phi) is 12.2. The number of rotatable bonds is 15. The molecule has 1 aliphatic rings. The van der Waals surface area contributed by atoms with Gasteiger partial charge in [0, 0.05) is 17.8 Å². The number of fused-ring (bicyclic) bond motifs is 1. The third-order valence-electron chi connectivity index (χ3n) is 9.63. The van der Waals surface area contributed by atoms with E-state index in [1.54, 1.807) is 67.3 Å². The molecule has 1 atom stereocenters. The Morgan fingerprint density at radius 1 is 0.695 bits per heavy atom. The van der Waals surface area contributed by atoms with Crippen LogP contribution in [0, 0.1) is 13.8 Å². The van der Waals surface area contributed by atoms with Gasteiger partial charge in [-0.15, -0.1) is 0 Å². The Bertz CT molecular complexity index is 2730. The van der Waals surface area contributed by atoms with Crippen LogP contribution in [0.15, 0.2) is 124 Å². The number of hydrogen-bond acceptors (Lipinski definition) is 12. The molecule has 1 aliphatic heterocycles. The fourth-order valence-corrected chi connectivity index (χ4v) is 10.3. The maximum Gasteiger partial charge on any atom is 0.267 e. The average molecular weight is 863 g/mol. The van der Waals surface area contributed by atoms with Gasteiger partial charge in [0.05, 0.1) is 36.8 Å². The molecule has 15 nitrogen and oxygen atoms in total. The van der Waals surface area contributed by atoms with Crippen molar-refractivity contribution in [3.05, 3.63) is 131 Å². The van der Waals surface area contributed by atoms with Gasteiger partial charge in [-0.05, 0) is 104 Å². The molecule has 5 aromatic carbocycles. The first-order valence-corrected chi connectivity index (χ1v) is 22.4. The number of carbonyl (C=O) groups is 2. The maximum atomic E-state index is 14.5. The van der Waals surface area contributed by atoms with E-state index in [0.717, 1.165) is 15.4 Å². The lowest BCUT2D eigenvalue weighted by Crippen LogP contribution is -2.43. The third kappa shape index (κ3) is 8.99. The van der Waals surface area contributed by atoms with Crippen molar-refractivity contribution >= 4 is 53.3 Å². The van der Waals surface area contributed by atoms with E-state index in [1.165, 1.54) is 82.0 Å². The van der Waals surface area contributed by atoms with Gasteiger partial charge in [-0.25, -0.2) is 34.7 Å². The van der Waals surface area contributed by atoms with Crippen molar-refractivity contribution in [3.8, 4) is 17.2 Å². The largest absolute Gasteiger partial charge is 0.497 e. The zero-order chi connectivity index (χ0) is 42.7. The molecule has 0 spiro atoms. The number of carbonyl (C=O) groups excluding carboxylic acids is 2. The van der Waals surface area contributed by atoms with Crippen molar-refractivity contribution < 1.29 is 49.1 Å². The number of benzene rings is 5. The highest BCUT2D eigenvalue weighted by Gasteiger charge is 2.39. The summed E-state index contributed by atoms with van der Waals surface area (Å²) < 4.78 is 104. The second kappa shape index (κ2) is 17.0. The quantitative estimate of drug-likeness (QED) is 0.148. The number of sulfonamides is 3. The topological polar surface area (TPSA) is 195 Å². The van der Waals surface area contributed by atoms with Gasteiger partial charge in [-0.1, -0.05) is 42.0 Å². The van der Waals surface area contributed by atoms with Crippen LogP contribution >= 0.6 is 0 Å². The summed E-state index contributed by atoms with van der Waals surface area (Å²) in [7, 11) is -9.30. The third-order valence-corrected chi connectivity index (χ3v) is 14.2. The van der Waals surface area contributed by atoms with Crippen molar-refractivity contribution in [1.29, 1.82) is 0 Å². The molecule has 0 bridgehead atoms. The van der Waals surface area contributed by atoms with Crippen LogP contribution in [-0.4, -0.2) is 71.5 Å². The maximum absolute atomic E-state index is 14.5. The number of nitrogens with one attached hydrogen (secondary N) is 2. The summed E-state index contributed by atoms with van der Waals surface area (Å²) in [5, 5.41) is 0. The molecule has 18 heteroatoms. The van der Waals surface area contributed by atoms with Gasteiger partial charge < -0.3 is 19.1 Å². The van der Waals surface area contributed by atoms with Crippen LogP contribution in [0.5, 0.6) is 17.2 Å². The minimum Gasteiger partial charge on any atom is -0.497 e. The van der Waals surface area contributed by atoms with Crippen molar-refractivity contribution in [1.82, 2.24) is 9.44 Å². The van der Waals surface area contributed by atoms with Crippen molar-refractivity contribution in [2.75, 3.05) is 43.6 Å². The number of ether oxygens (including phenoxy) is 3. The minimum absolute atomic E-state index is 0.0329. The molecule has 0 radical (unpaired) electrons. The second-order valence-corrected chi connectivity index (χ2v) is 18.7. The van der Waals surface area contributed by atoms with E-state index in [4.69, 9.17) is 14.2 Å². The number of anilines is 2. The van der Waals surface area contributed by atoms with Gasteiger partial charge in [0.15, 0.2) is 0 Å². The van der Waals surface area contributed by atoms with E-state index >= 15 is 0 Å². The van der Waals surface area contributed by atoms with Crippen LogP contribution < -0.4 is 32.9 Å². The highest BCUT2D eigenvalue weighted by molar-refractivity contribution is 7.93. The zero-order valence-electron chi connectivity index (χ0n) is 32.7. The molecular formula is C41H42N4O11S3. The number of amides is 2. The highest BCUT2D eigenvalue weighted by atomic mass is 32.2. The summed E-state index contributed by atoms with van der Waals surface area (Å²) >= 11 is 0. The van der Waals surface area contributed by atoms with E-state index < -0.39 is 54.5 Å². The molecule has 0 fully saturated rings. The van der Waals surface area contributed by atoms with Crippen LogP contribution in [-0.2, 0) is 46.1 Å². The monoisotopic (exact) mass is 862 g/mol. The molecule has 6 rings (SSSR count). The number of hydrogen-bond donors (Lipinski definition) is 2. The smallest absolute Gasteiger partial charge is 0.267 e. The molecule has 2 N–H and O–H groups in total. The summed E-state index contributed by atoms with van der Waals surface area (Å²) in [6, 6.07) is 25.5. The van der Waals surface area contributed by atoms with Gasteiger partial charge in [0.1, 0.15) is 34.7 Å². The molecule has 1 heterocycles. The van der Waals surface area contributed by atoms with Gasteiger partial charge in [-0.3, -0.25) is 13.9 Å². The van der Waals surface area contributed by atoms with Gasteiger partial charge in [0.25, 0.3) is 41.9 Å². The molecule has 5 aromatic rings. The van der Waals surface area contributed by atoms with E-state index in [2.05, 4.69) is 4.72 Å². The average Bonchev–Trinajstić information content (AvgIpc) is 3.63. The second-order valence-electron chi connectivity index (χ2n) is 13.6. The summed E-state index contributed by atoms with van der Waals surface area (Å²) in [6.45, 7) is 2.68. The van der Waals surface area contributed by atoms with Gasteiger partial charge in [0.2, 0.25) is 0 Å². The first-order valence-electron chi connectivity index (χ1n) is 18.0. The van der Waals surface area contributed by atoms with Crippen LogP contribution in [0.3, 0.4) is 0 Å². The van der Waals surface area contributed by atoms with Gasteiger partial charge in [-0.2, -0.15) is 0 Å². The van der Waals surface area contributed by atoms with Crippen molar-refractivity contribution in [2.45, 2.75) is 41.0 Å². The fourth-order valence-electron chi connectivity index (χ4n) is 6.73. The normalized spacial score (nSPS) is 13.2. The Balaban J connectivity index is 1.43. The summed E-state index contributed by atoms with van der Waals surface area (Å²) in [4.78, 5) is 29.0. The molecule has 0 saturated carbocycles. The molecular weight excluding hydrogens is 821 g/mol. The molecule has 0 aromatic heterocycles. The molecule has 1 unspecified atom stereocenters. The first kappa shape index (κ1) is 42.5. The first-order chi connectivity index (χ1) is 28.0. The fraction of sp³-hybridized carbons (Fsp3) is 0.220. The summed E-state index contributed by atoms with van der Waals surface area (Å²) in [6.07, 6.45) is 0.135. The Morgan fingerprint density at radius 2 is 1.34 bits per heavy atom. The lowest BCUT2D eigenvalue weighted by atomic mass is 10.0. The molecule has 0 aliphatic carbocycles. The van der Waals surface area contributed by atoms with E-state index in [-0.39, 0.29) is 39.1 Å². The Hall–Kier alpha value is -6.11. The summed E-state index contributed by atoms with van der Waals surface area (Å²) in [5.41, 5.74) is 2.67. The number of aryl methyl sites for hydroxylation is 2. The SMILES string of the molecule is COc1ccc(S(=O)(=O)N(CC(=O)NS(=O)(=O)c2ccc(C)cc2)c2cccc3c2CCN3C(C(=O)NS(=O)(=O)c2ccc(C)cc2OC)c2cccc(OC)c2)cc1. The Labute approximate surface area is 343 Å². The summed E-state index contributed by atoms with van der Waals surface area (Å²) in [5.74, 6) is -1.27. The van der Waals surface area contributed by atoms with Crippen molar-refractivity contribution in [2.24, 2.45) is 0 Å². The van der Waals surface area contributed by atoms with E-state index in [9.17, 15) is 34.8 Å². The molecule has 59 heavy (non-hydrogen) atoms. The van der Waals surface area contributed by atoms with E-state index in [0.29, 0.717) is 28.3 Å². The lowest BCUT2D eigenvalue weighted by molar-refractivity contribution is -0.121. The Morgan fingerprint density at radius 3 is 2.00 bits per heavy atom. The van der Waals surface area contributed by atoms with E-state index in [1.807, 2.05) is 4.72 Å². The van der Waals surface area contributed by atoms with Crippen LogP contribution in [0.1, 0.15) is 28.3 Å². The van der Waals surface area contributed by atoms with Crippen LogP contribution in [0.2, 0.25) is 0 Å². The minimum atomic E-state index is -4.58. The van der Waals surface area contributed by atoms with Crippen LogP contribution in [0.4, 0.5) is 11.4 Å².